The largest absolute Gasteiger partial charge is 0.375 e. The minimum atomic E-state index is -0.444. The van der Waals surface area contributed by atoms with Crippen LogP contribution in [0, 0.1) is 12.8 Å². The van der Waals surface area contributed by atoms with Crippen LogP contribution in [0.2, 0.25) is 0 Å². The maximum atomic E-state index is 12.9. The fourth-order valence-corrected chi connectivity index (χ4v) is 4.30. The van der Waals surface area contributed by atoms with Gasteiger partial charge < -0.3 is 9.64 Å². The summed E-state index contributed by atoms with van der Waals surface area (Å²) < 4.78 is 8.08. The van der Waals surface area contributed by atoms with E-state index in [1.165, 1.54) is 23.4 Å². The quantitative estimate of drug-likeness (QED) is 0.520. The van der Waals surface area contributed by atoms with E-state index >= 15 is 0 Å². The number of aryl methyl sites for hydroxylation is 1. The molecule has 0 aromatic carbocycles. The molecule has 9 nitrogen and oxygen atoms in total. The van der Waals surface area contributed by atoms with Crippen molar-refractivity contribution >= 4 is 28.7 Å². The van der Waals surface area contributed by atoms with E-state index < -0.39 is 11.2 Å². The third-order valence-electron chi connectivity index (χ3n) is 4.73. The summed E-state index contributed by atoms with van der Waals surface area (Å²) in [6, 6.07) is 0. The third-order valence-corrected chi connectivity index (χ3v) is 5.69. The van der Waals surface area contributed by atoms with Crippen LogP contribution in [-0.2, 0) is 23.1 Å². The van der Waals surface area contributed by atoms with Crippen molar-refractivity contribution in [3.05, 3.63) is 26.7 Å². The van der Waals surface area contributed by atoms with Crippen LogP contribution in [0.15, 0.2) is 14.6 Å². The number of thioether (sulfide) groups is 1. The first-order chi connectivity index (χ1) is 13.7. The summed E-state index contributed by atoms with van der Waals surface area (Å²) in [5.74, 6) is 0.786. The van der Waals surface area contributed by atoms with Crippen LogP contribution >= 0.6 is 11.8 Å². The van der Waals surface area contributed by atoms with E-state index in [9.17, 15) is 14.4 Å². The molecule has 1 aliphatic heterocycles. The number of aromatic nitrogens is 4. The van der Waals surface area contributed by atoms with Crippen molar-refractivity contribution in [1.29, 1.82) is 0 Å². The van der Waals surface area contributed by atoms with Crippen LogP contribution < -0.4 is 11.2 Å². The highest BCUT2D eigenvalue weighted by molar-refractivity contribution is 8.00. The number of nitrogens with zero attached hydrogens (tertiary/aromatic N) is 5. The van der Waals surface area contributed by atoms with Gasteiger partial charge in [-0.15, -0.1) is 0 Å². The second kappa shape index (κ2) is 8.66. The van der Waals surface area contributed by atoms with E-state index in [-0.39, 0.29) is 29.1 Å². The van der Waals surface area contributed by atoms with Crippen molar-refractivity contribution in [1.82, 2.24) is 24.0 Å². The first-order valence-electron chi connectivity index (χ1n) is 9.69. The van der Waals surface area contributed by atoms with Crippen LogP contribution in [0.4, 0.5) is 0 Å². The molecule has 2 aromatic rings. The maximum absolute atomic E-state index is 12.9. The van der Waals surface area contributed by atoms with Gasteiger partial charge in [0, 0.05) is 26.7 Å². The van der Waals surface area contributed by atoms with Gasteiger partial charge in [-0.05, 0) is 19.8 Å². The summed E-state index contributed by atoms with van der Waals surface area (Å²) >= 11 is 1.21. The van der Waals surface area contributed by atoms with E-state index in [0.29, 0.717) is 42.7 Å². The maximum Gasteiger partial charge on any atom is 0.332 e. The predicted molar refractivity (Wildman–Crippen MR) is 111 cm³/mol. The highest BCUT2D eigenvalue weighted by atomic mass is 32.2. The second-order valence-electron chi connectivity index (χ2n) is 7.74. The average molecular weight is 422 g/mol. The molecule has 3 heterocycles. The molecule has 1 atom stereocenters. The molecule has 0 saturated carbocycles. The second-order valence-corrected chi connectivity index (χ2v) is 8.70. The molecule has 10 heteroatoms. The lowest BCUT2D eigenvalue weighted by molar-refractivity contribution is -0.135. The number of rotatable bonds is 5. The van der Waals surface area contributed by atoms with Crippen molar-refractivity contribution < 1.29 is 9.53 Å². The topological polar surface area (TPSA) is 99.3 Å². The minimum Gasteiger partial charge on any atom is -0.375 e. The molecular formula is C19H27N5O4S. The van der Waals surface area contributed by atoms with Crippen LogP contribution in [0.25, 0.3) is 11.0 Å². The number of fused-ring (bicyclic) bond motifs is 1. The van der Waals surface area contributed by atoms with Gasteiger partial charge in [0.2, 0.25) is 5.91 Å². The van der Waals surface area contributed by atoms with Gasteiger partial charge in [0.15, 0.2) is 5.65 Å². The zero-order valence-electron chi connectivity index (χ0n) is 17.5. The summed E-state index contributed by atoms with van der Waals surface area (Å²) in [6.45, 7) is 9.72. The summed E-state index contributed by atoms with van der Waals surface area (Å²) in [4.78, 5) is 48.7. The molecule has 158 valence electrons. The molecule has 1 amide bonds. The van der Waals surface area contributed by atoms with Gasteiger partial charge in [-0.3, -0.25) is 18.7 Å². The zero-order valence-corrected chi connectivity index (χ0v) is 18.3. The molecule has 0 bridgehead atoms. The first-order valence-corrected chi connectivity index (χ1v) is 10.7. The Morgan fingerprint density at radius 3 is 2.69 bits per heavy atom. The van der Waals surface area contributed by atoms with Crippen molar-refractivity contribution in [3.63, 3.8) is 0 Å². The molecule has 3 rings (SSSR count). The van der Waals surface area contributed by atoms with Crippen molar-refractivity contribution in [2.75, 3.05) is 25.4 Å². The normalized spacial score (nSPS) is 17.3. The highest BCUT2D eigenvalue weighted by Crippen LogP contribution is 2.23. The average Bonchev–Trinajstić information content (AvgIpc) is 2.67. The predicted octanol–water partition coefficient (Wildman–Crippen LogP) is 0.794. The number of morpholine rings is 1. The van der Waals surface area contributed by atoms with Crippen LogP contribution in [0.5, 0.6) is 0 Å². The molecule has 29 heavy (non-hydrogen) atoms. The first kappa shape index (κ1) is 21.5. The molecule has 0 N–H and O–H groups in total. The monoisotopic (exact) mass is 421 g/mol. The Morgan fingerprint density at radius 1 is 1.31 bits per heavy atom. The number of hydrogen-bond donors (Lipinski definition) is 0. The summed E-state index contributed by atoms with van der Waals surface area (Å²) in [5.41, 5.74) is -0.516. The Kier molecular flexibility index (Phi) is 6.42. The molecule has 1 unspecified atom stereocenters. The molecule has 1 saturated heterocycles. The third kappa shape index (κ3) is 4.53. The fraction of sp³-hybridized carbons (Fsp3) is 0.632. The Labute approximate surface area is 173 Å². The van der Waals surface area contributed by atoms with Crippen molar-refractivity contribution in [2.24, 2.45) is 13.0 Å². The van der Waals surface area contributed by atoms with E-state index in [4.69, 9.17) is 4.74 Å². The number of carbonyl (C=O) groups is 1. The van der Waals surface area contributed by atoms with Gasteiger partial charge in [-0.2, -0.15) is 0 Å². The van der Waals surface area contributed by atoms with Gasteiger partial charge >= 0.3 is 5.69 Å². The van der Waals surface area contributed by atoms with Gasteiger partial charge in [0.05, 0.1) is 18.5 Å². The lowest BCUT2D eigenvalue weighted by Gasteiger charge is -2.31. The van der Waals surface area contributed by atoms with E-state index in [1.54, 1.807) is 11.8 Å². The van der Waals surface area contributed by atoms with E-state index in [1.807, 2.05) is 20.8 Å². The Bertz CT molecular complexity index is 1050. The molecule has 0 aliphatic carbocycles. The van der Waals surface area contributed by atoms with E-state index in [0.717, 1.165) is 4.57 Å². The minimum absolute atomic E-state index is 0.0117. The smallest absolute Gasteiger partial charge is 0.332 e. The Balaban J connectivity index is 2.00. The lowest BCUT2D eigenvalue weighted by atomic mass is 10.2. The SMILES string of the molecule is Cc1nc(SCC(=O)N2CCOC(C)C2)c2c(=O)n(C)c(=O)n(CC(C)C)c2n1. The fourth-order valence-electron chi connectivity index (χ4n) is 3.34. The Hall–Kier alpha value is -2.20. The number of hydrogen-bond acceptors (Lipinski definition) is 7. The zero-order chi connectivity index (χ0) is 21.3. The van der Waals surface area contributed by atoms with Gasteiger partial charge in [0.25, 0.3) is 5.56 Å². The standard InChI is InChI=1S/C19H27N5O4S/c1-11(2)8-24-16-15(18(26)22(5)19(24)27)17(21-13(4)20-16)29-10-14(25)23-6-7-28-12(3)9-23/h11-12H,6-10H2,1-5H3. The van der Waals surface area contributed by atoms with Gasteiger partial charge in [-0.25, -0.2) is 14.8 Å². The van der Waals surface area contributed by atoms with Crippen LogP contribution in [0.3, 0.4) is 0 Å². The molecule has 1 fully saturated rings. The van der Waals surface area contributed by atoms with Crippen LogP contribution in [0.1, 0.15) is 26.6 Å². The summed E-state index contributed by atoms with van der Waals surface area (Å²) in [6.07, 6.45) is 0.0117. The number of amides is 1. The number of carbonyl (C=O) groups excluding carboxylic acids is 1. The molecule has 0 spiro atoms. The molecular weight excluding hydrogens is 394 g/mol. The van der Waals surface area contributed by atoms with Crippen molar-refractivity contribution in [3.8, 4) is 0 Å². The number of ether oxygens (including phenoxy) is 1. The molecule has 1 aliphatic rings. The molecule has 2 aromatic heterocycles. The van der Waals surface area contributed by atoms with Crippen LogP contribution in [-0.4, -0.2) is 61.5 Å². The van der Waals surface area contributed by atoms with Gasteiger partial charge in [-0.1, -0.05) is 25.6 Å². The lowest BCUT2D eigenvalue weighted by Crippen LogP contribution is -2.45. The molecule has 0 radical (unpaired) electrons. The van der Waals surface area contributed by atoms with E-state index in [2.05, 4.69) is 9.97 Å². The van der Waals surface area contributed by atoms with Crippen molar-refractivity contribution in [2.45, 2.75) is 45.4 Å². The Morgan fingerprint density at radius 2 is 2.03 bits per heavy atom. The summed E-state index contributed by atoms with van der Waals surface area (Å²) in [5, 5.41) is 0.715. The summed E-state index contributed by atoms with van der Waals surface area (Å²) in [7, 11) is 1.45. The van der Waals surface area contributed by atoms with Gasteiger partial charge in [0.1, 0.15) is 16.2 Å². The highest BCUT2D eigenvalue weighted by Gasteiger charge is 2.23.